The minimum absolute atomic E-state index is 0.180. The average Bonchev–Trinajstić information content (AvgIpc) is 2.35. The number of rotatable bonds is 2. The van der Waals surface area contributed by atoms with Gasteiger partial charge in [0.2, 0.25) is 5.95 Å². The van der Waals surface area contributed by atoms with Crippen molar-refractivity contribution in [3.05, 3.63) is 49.9 Å². The van der Waals surface area contributed by atoms with Crippen LogP contribution in [0.5, 0.6) is 0 Å². The van der Waals surface area contributed by atoms with Crippen LogP contribution in [-0.2, 0) is 6.18 Å². The number of aromatic amines is 1. The van der Waals surface area contributed by atoms with E-state index in [1.54, 1.807) is 0 Å². The van der Waals surface area contributed by atoms with Crippen LogP contribution in [0.2, 0.25) is 10.0 Å². The van der Waals surface area contributed by atoms with E-state index in [1.807, 2.05) is 0 Å². The number of nitrogens with one attached hydrogen (secondary N) is 2. The molecule has 0 atom stereocenters. The van der Waals surface area contributed by atoms with Gasteiger partial charge in [0.1, 0.15) is 0 Å². The van der Waals surface area contributed by atoms with Crippen molar-refractivity contribution in [1.29, 1.82) is 0 Å². The van der Waals surface area contributed by atoms with E-state index < -0.39 is 23.0 Å². The number of anilines is 2. The lowest BCUT2D eigenvalue weighted by atomic mass is 10.2. The first-order valence-corrected chi connectivity index (χ1v) is 6.34. The summed E-state index contributed by atoms with van der Waals surface area (Å²) in [5.41, 5.74) is -2.37. The Hall–Kier alpha value is -1.73. The summed E-state index contributed by atoms with van der Waals surface area (Å²) in [6, 6.07) is 4.35. The number of aromatic nitrogens is 2. The number of benzene rings is 1. The third kappa shape index (κ3) is 3.48. The Labute approximate surface area is 126 Å². The average molecular weight is 338 g/mol. The maximum Gasteiger partial charge on any atom is 0.433 e. The fraction of sp³-hybridized carbons (Fsp3) is 0.167. The van der Waals surface area contributed by atoms with Gasteiger partial charge >= 0.3 is 6.18 Å². The molecule has 0 aliphatic carbocycles. The lowest BCUT2D eigenvalue weighted by Gasteiger charge is -2.12. The quantitative estimate of drug-likeness (QED) is 0.865. The van der Waals surface area contributed by atoms with Crippen LogP contribution in [0.15, 0.2) is 23.0 Å². The van der Waals surface area contributed by atoms with Crippen molar-refractivity contribution < 1.29 is 13.2 Å². The molecule has 0 spiro atoms. The first kappa shape index (κ1) is 15.7. The Balaban J connectivity index is 2.46. The largest absolute Gasteiger partial charge is 0.433 e. The lowest BCUT2D eigenvalue weighted by Crippen LogP contribution is -2.22. The number of halogens is 5. The molecule has 21 heavy (non-hydrogen) atoms. The van der Waals surface area contributed by atoms with Crippen molar-refractivity contribution in [3.8, 4) is 0 Å². The molecule has 9 heteroatoms. The third-order valence-electron chi connectivity index (χ3n) is 2.60. The van der Waals surface area contributed by atoms with E-state index in [-0.39, 0.29) is 16.7 Å². The summed E-state index contributed by atoms with van der Waals surface area (Å²) in [6.45, 7) is 1.05. The fourth-order valence-corrected chi connectivity index (χ4v) is 2.04. The van der Waals surface area contributed by atoms with Crippen molar-refractivity contribution in [2.45, 2.75) is 13.1 Å². The van der Waals surface area contributed by atoms with E-state index in [2.05, 4.69) is 15.3 Å². The van der Waals surface area contributed by atoms with Crippen LogP contribution in [0.3, 0.4) is 0 Å². The van der Waals surface area contributed by atoms with E-state index in [4.69, 9.17) is 23.2 Å². The molecule has 2 aromatic rings. The van der Waals surface area contributed by atoms with Crippen molar-refractivity contribution in [1.82, 2.24) is 9.97 Å². The molecule has 2 N–H and O–H groups in total. The molecule has 0 unspecified atom stereocenters. The minimum atomic E-state index is -4.72. The second-order valence-corrected chi connectivity index (χ2v) is 4.98. The summed E-state index contributed by atoms with van der Waals surface area (Å²) in [6.07, 6.45) is -4.72. The van der Waals surface area contributed by atoms with Crippen LogP contribution in [0.1, 0.15) is 11.3 Å². The Morgan fingerprint density at radius 1 is 1.29 bits per heavy atom. The van der Waals surface area contributed by atoms with Gasteiger partial charge < -0.3 is 5.32 Å². The maximum atomic E-state index is 12.8. The zero-order chi connectivity index (χ0) is 15.8. The second kappa shape index (κ2) is 5.57. The highest BCUT2D eigenvalue weighted by molar-refractivity contribution is 6.36. The molecule has 0 radical (unpaired) electrons. The van der Waals surface area contributed by atoms with Gasteiger partial charge in [-0.05, 0) is 25.1 Å². The summed E-state index contributed by atoms with van der Waals surface area (Å²) in [7, 11) is 0. The number of H-pyrrole nitrogens is 1. The van der Waals surface area contributed by atoms with Gasteiger partial charge in [0.25, 0.3) is 5.56 Å². The number of alkyl halides is 3. The molecular weight excluding hydrogens is 330 g/mol. The van der Waals surface area contributed by atoms with Gasteiger partial charge in [0.05, 0.1) is 10.7 Å². The Morgan fingerprint density at radius 3 is 2.52 bits per heavy atom. The SMILES string of the molecule is Cc1c(C(F)(F)F)nc(Nc2ccc(Cl)cc2Cl)[nH]c1=O. The fourth-order valence-electron chi connectivity index (χ4n) is 1.59. The highest BCUT2D eigenvalue weighted by atomic mass is 35.5. The molecule has 2 rings (SSSR count). The number of hydrogen-bond acceptors (Lipinski definition) is 3. The summed E-state index contributed by atoms with van der Waals surface area (Å²) in [5.74, 6) is -0.359. The monoisotopic (exact) mass is 337 g/mol. The van der Waals surface area contributed by atoms with Crippen LogP contribution < -0.4 is 10.9 Å². The molecule has 112 valence electrons. The van der Waals surface area contributed by atoms with Crippen molar-refractivity contribution in [3.63, 3.8) is 0 Å². The zero-order valence-electron chi connectivity index (χ0n) is 10.5. The van der Waals surface area contributed by atoms with Crippen LogP contribution in [0.25, 0.3) is 0 Å². The predicted octanol–water partition coefficient (Wildman–Crippen LogP) is 4.15. The summed E-state index contributed by atoms with van der Waals surface area (Å²) < 4.78 is 38.4. The molecular formula is C12H8Cl2F3N3O. The molecule has 1 aromatic heterocycles. The lowest BCUT2D eigenvalue weighted by molar-refractivity contribution is -0.141. The van der Waals surface area contributed by atoms with Crippen LogP contribution in [-0.4, -0.2) is 9.97 Å². The highest BCUT2D eigenvalue weighted by Crippen LogP contribution is 2.31. The van der Waals surface area contributed by atoms with Gasteiger partial charge in [-0.15, -0.1) is 0 Å². The Kier molecular flexibility index (Phi) is 4.15. The van der Waals surface area contributed by atoms with Crippen LogP contribution in [0.4, 0.5) is 24.8 Å². The van der Waals surface area contributed by atoms with Crippen LogP contribution in [0, 0.1) is 6.92 Å². The molecule has 0 bridgehead atoms. The van der Waals surface area contributed by atoms with Crippen molar-refractivity contribution >= 4 is 34.8 Å². The van der Waals surface area contributed by atoms with Crippen LogP contribution >= 0.6 is 23.2 Å². The smallest absolute Gasteiger partial charge is 0.324 e. The molecule has 0 amide bonds. The Bertz CT molecular complexity index is 744. The second-order valence-electron chi connectivity index (χ2n) is 4.14. The number of hydrogen-bond donors (Lipinski definition) is 2. The van der Waals surface area contributed by atoms with Gasteiger partial charge in [-0.25, -0.2) is 4.98 Å². The van der Waals surface area contributed by atoms with E-state index in [0.717, 1.165) is 6.92 Å². The van der Waals surface area contributed by atoms with Gasteiger partial charge in [-0.1, -0.05) is 23.2 Å². The molecule has 4 nitrogen and oxygen atoms in total. The minimum Gasteiger partial charge on any atom is -0.324 e. The van der Waals surface area contributed by atoms with Crippen molar-refractivity contribution in [2.75, 3.05) is 5.32 Å². The highest BCUT2D eigenvalue weighted by Gasteiger charge is 2.36. The van der Waals surface area contributed by atoms with Gasteiger partial charge in [-0.2, -0.15) is 13.2 Å². The normalized spacial score (nSPS) is 11.5. The maximum absolute atomic E-state index is 12.8. The molecule has 0 fully saturated rings. The third-order valence-corrected chi connectivity index (χ3v) is 3.15. The van der Waals surface area contributed by atoms with Gasteiger partial charge in [-0.3, -0.25) is 9.78 Å². The first-order chi connectivity index (χ1) is 9.68. The predicted molar refractivity (Wildman–Crippen MR) is 74.3 cm³/mol. The topological polar surface area (TPSA) is 57.8 Å². The molecule has 0 aliphatic rings. The molecule has 1 heterocycles. The van der Waals surface area contributed by atoms with Crippen molar-refractivity contribution in [2.24, 2.45) is 0 Å². The first-order valence-electron chi connectivity index (χ1n) is 5.58. The van der Waals surface area contributed by atoms with E-state index in [1.165, 1.54) is 18.2 Å². The Morgan fingerprint density at radius 2 is 1.95 bits per heavy atom. The molecule has 0 saturated carbocycles. The number of nitrogens with zero attached hydrogens (tertiary/aromatic N) is 1. The van der Waals surface area contributed by atoms with Gasteiger partial charge in [0.15, 0.2) is 5.69 Å². The van der Waals surface area contributed by atoms with Gasteiger partial charge in [0, 0.05) is 10.6 Å². The zero-order valence-corrected chi connectivity index (χ0v) is 12.0. The molecule has 0 saturated heterocycles. The van der Waals surface area contributed by atoms with E-state index >= 15 is 0 Å². The molecule has 1 aromatic carbocycles. The molecule has 0 aliphatic heterocycles. The van der Waals surface area contributed by atoms with E-state index in [9.17, 15) is 18.0 Å². The summed E-state index contributed by atoms with van der Waals surface area (Å²) >= 11 is 11.6. The summed E-state index contributed by atoms with van der Waals surface area (Å²) in [4.78, 5) is 17.1. The van der Waals surface area contributed by atoms with E-state index in [0.29, 0.717) is 5.02 Å². The summed E-state index contributed by atoms with van der Waals surface area (Å²) in [5, 5.41) is 3.07. The standard InChI is InChI=1S/C12H8Cl2F3N3O/c1-5-9(12(15,16)17)19-11(20-10(5)21)18-8-3-2-6(13)4-7(8)14/h2-4H,1H3,(H2,18,19,20,21).